The van der Waals surface area contributed by atoms with E-state index in [2.05, 4.69) is 17.2 Å². The predicted octanol–water partition coefficient (Wildman–Crippen LogP) is 1.34. The fourth-order valence-electron chi connectivity index (χ4n) is 1.25. The van der Waals surface area contributed by atoms with Crippen LogP contribution < -0.4 is 5.32 Å². The summed E-state index contributed by atoms with van der Waals surface area (Å²) in [6.07, 6.45) is 2.56. The second kappa shape index (κ2) is 8.27. The maximum absolute atomic E-state index is 5.38. The third-order valence-corrected chi connectivity index (χ3v) is 2.11. The van der Waals surface area contributed by atoms with E-state index in [0.717, 1.165) is 31.0 Å². The third kappa shape index (κ3) is 4.74. The molecule has 0 spiro atoms. The van der Waals surface area contributed by atoms with Crippen molar-refractivity contribution in [2.24, 2.45) is 0 Å². The molecule has 5 nitrogen and oxygen atoms in total. The van der Waals surface area contributed by atoms with Gasteiger partial charge in [0.1, 0.15) is 6.61 Å². The summed E-state index contributed by atoms with van der Waals surface area (Å²) in [5, 5.41) is 3.28. The third-order valence-electron chi connectivity index (χ3n) is 2.11. The molecule has 0 atom stereocenters. The first-order valence-corrected chi connectivity index (χ1v) is 5.57. The Morgan fingerprint density at radius 2 is 2.31 bits per heavy atom. The fraction of sp³-hybridized carbons (Fsp3) is 0.727. The smallest absolute Gasteiger partial charge is 0.181 e. The van der Waals surface area contributed by atoms with Gasteiger partial charge >= 0.3 is 0 Å². The van der Waals surface area contributed by atoms with Crippen LogP contribution in [0.4, 0.5) is 0 Å². The average molecular weight is 228 g/mol. The van der Waals surface area contributed by atoms with Gasteiger partial charge < -0.3 is 19.2 Å². The number of aromatic nitrogens is 1. The van der Waals surface area contributed by atoms with Crippen molar-refractivity contribution in [2.45, 2.75) is 26.5 Å². The highest BCUT2D eigenvalue weighted by molar-refractivity contribution is 5.05. The molecule has 0 saturated carbocycles. The van der Waals surface area contributed by atoms with Crippen molar-refractivity contribution in [1.29, 1.82) is 0 Å². The average Bonchev–Trinajstić information content (AvgIpc) is 2.73. The minimum atomic E-state index is 0.451. The van der Waals surface area contributed by atoms with Gasteiger partial charge in [0.05, 0.1) is 18.9 Å². The molecule has 0 radical (unpaired) electrons. The number of hydrogen-bond acceptors (Lipinski definition) is 5. The Bertz CT molecular complexity index is 276. The number of nitrogens with zero attached hydrogens (tertiary/aromatic N) is 1. The summed E-state index contributed by atoms with van der Waals surface area (Å²) >= 11 is 0. The van der Waals surface area contributed by atoms with Crippen molar-refractivity contribution < 1.29 is 13.9 Å². The maximum atomic E-state index is 5.38. The Hall–Kier alpha value is -0.910. The summed E-state index contributed by atoms with van der Waals surface area (Å²) in [5.41, 5.74) is 0.922. The lowest BCUT2D eigenvalue weighted by Crippen LogP contribution is -2.15. The van der Waals surface area contributed by atoms with Gasteiger partial charge in [-0.1, -0.05) is 6.92 Å². The SMILES string of the molecule is CCCNCc1ncoc1COCCOC. The van der Waals surface area contributed by atoms with E-state index in [1.165, 1.54) is 6.39 Å². The Morgan fingerprint density at radius 1 is 1.44 bits per heavy atom. The van der Waals surface area contributed by atoms with E-state index in [4.69, 9.17) is 13.9 Å². The van der Waals surface area contributed by atoms with Crippen LogP contribution >= 0.6 is 0 Å². The van der Waals surface area contributed by atoms with E-state index in [1.54, 1.807) is 7.11 Å². The molecule has 1 aromatic rings. The van der Waals surface area contributed by atoms with Crippen LogP contribution in [0.5, 0.6) is 0 Å². The van der Waals surface area contributed by atoms with Gasteiger partial charge in [0.2, 0.25) is 0 Å². The van der Waals surface area contributed by atoms with Crippen molar-refractivity contribution >= 4 is 0 Å². The highest BCUT2D eigenvalue weighted by atomic mass is 16.5. The molecule has 0 unspecified atom stereocenters. The molecule has 0 saturated heterocycles. The Kier molecular flexibility index (Phi) is 6.80. The molecule has 0 fully saturated rings. The second-order valence-electron chi connectivity index (χ2n) is 3.44. The van der Waals surface area contributed by atoms with E-state index in [-0.39, 0.29) is 0 Å². The molecule has 1 aromatic heterocycles. The molecule has 0 aromatic carbocycles. The molecule has 0 bridgehead atoms. The van der Waals surface area contributed by atoms with Gasteiger partial charge in [0.25, 0.3) is 0 Å². The standard InChI is InChI=1S/C11H20N2O3/c1-3-4-12-7-10-11(16-9-13-10)8-15-6-5-14-2/h9,12H,3-8H2,1-2H3. The van der Waals surface area contributed by atoms with Crippen LogP contribution in [0.1, 0.15) is 24.8 Å². The lowest BCUT2D eigenvalue weighted by Gasteiger charge is -2.04. The maximum Gasteiger partial charge on any atom is 0.181 e. The number of methoxy groups -OCH3 is 1. The predicted molar refractivity (Wildman–Crippen MR) is 60.0 cm³/mol. The molecule has 5 heteroatoms. The quantitative estimate of drug-likeness (QED) is 0.646. The molecule has 0 aliphatic rings. The summed E-state index contributed by atoms with van der Waals surface area (Å²) in [6.45, 7) is 5.46. The summed E-state index contributed by atoms with van der Waals surface area (Å²) in [7, 11) is 1.65. The van der Waals surface area contributed by atoms with Crippen LogP contribution in [0.3, 0.4) is 0 Å². The Morgan fingerprint density at radius 3 is 3.06 bits per heavy atom. The van der Waals surface area contributed by atoms with Gasteiger partial charge in [-0.15, -0.1) is 0 Å². The van der Waals surface area contributed by atoms with Gasteiger partial charge in [0.15, 0.2) is 12.2 Å². The fourth-order valence-corrected chi connectivity index (χ4v) is 1.25. The minimum absolute atomic E-state index is 0.451. The van der Waals surface area contributed by atoms with Crippen molar-refractivity contribution in [3.8, 4) is 0 Å². The summed E-state index contributed by atoms with van der Waals surface area (Å²) in [4.78, 5) is 4.15. The van der Waals surface area contributed by atoms with E-state index in [9.17, 15) is 0 Å². The molecule has 1 N–H and O–H groups in total. The Labute approximate surface area is 96.1 Å². The van der Waals surface area contributed by atoms with Crippen LogP contribution in [-0.2, 0) is 22.6 Å². The van der Waals surface area contributed by atoms with Crippen LogP contribution in [0.2, 0.25) is 0 Å². The minimum Gasteiger partial charge on any atom is -0.446 e. The monoisotopic (exact) mass is 228 g/mol. The number of rotatable bonds is 9. The number of oxazole rings is 1. The highest BCUT2D eigenvalue weighted by Gasteiger charge is 2.07. The van der Waals surface area contributed by atoms with Gasteiger partial charge in [-0.2, -0.15) is 0 Å². The summed E-state index contributed by atoms with van der Waals surface area (Å²) in [6, 6.07) is 0. The number of ether oxygens (including phenoxy) is 2. The first kappa shape index (κ1) is 13.2. The largest absolute Gasteiger partial charge is 0.446 e. The van der Waals surface area contributed by atoms with Crippen molar-refractivity contribution in [3.05, 3.63) is 17.8 Å². The zero-order valence-corrected chi connectivity index (χ0v) is 9.99. The molecule has 16 heavy (non-hydrogen) atoms. The molecule has 0 amide bonds. The van der Waals surface area contributed by atoms with E-state index < -0.39 is 0 Å². The van der Waals surface area contributed by atoms with E-state index in [0.29, 0.717) is 19.8 Å². The summed E-state index contributed by atoms with van der Waals surface area (Å²) < 4.78 is 15.5. The number of hydrogen-bond donors (Lipinski definition) is 1. The van der Waals surface area contributed by atoms with Crippen LogP contribution in [-0.4, -0.2) is 31.9 Å². The van der Waals surface area contributed by atoms with Crippen molar-refractivity contribution in [2.75, 3.05) is 26.9 Å². The van der Waals surface area contributed by atoms with Crippen LogP contribution in [0.25, 0.3) is 0 Å². The molecule has 1 heterocycles. The topological polar surface area (TPSA) is 56.5 Å². The second-order valence-corrected chi connectivity index (χ2v) is 3.44. The molecule has 1 rings (SSSR count). The highest BCUT2D eigenvalue weighted by Crippen LogP contribution is 2.07. The zero-order valence-electron chi connectivity index (χ0n) is 9.99. The van der Waals surface area contributed by atoms with Gasteiger partial charge in [-0.05, 0) is 13.0 Å². The normalized spacial score (nSPS) is 10.9. The van der Waals surface area contributed by atoms with E-state index >= 15 is 0 Å². The van der Waals surface area contributed by atoms with E-state index in [1.807, 2.05) is 0 Å². The van der Waals surface area contributed by atoms with Crippen LogP contribution in [0, 0.1) is 0 Å². The molecule has 0 aliphatic heterocycles. The van der Waals surface area contributed by atoms with Crippen molar-refractivity contribution in [3.63, 3.8) is 0 Å². The first-order chi connectivity index (χ1) is 7.88. The zero-order chi connectivity index (χ0) is 11.6. The molecular formula is C11H20N2O3. The number of nitrogens with one attached hydrogen (secondary N) is 1. The summed E-state index contributed by atoms with van der Waals surface area (Å²) in [5.74, 6) is 0.791. The van der Waals surface area contributed by atoms with Gasteiger partial charge in [-0.25, -0.2) is 4.98 Å². The Balaban J connectivity index is 2.26. The lowest BCUT2D eigenvalue weighted by atomic mass is 10.3. The molecule has 92 valence electrons. The first-order valence-electron chi connectivity index (χ1n) is 5.57. The molecular weight excluding hydrogens is 208 g/mol. The van der Waals surface area contributed by atoms with Crippen molar-refractivity contribution in [1.82, 2.24) is 10.3 Å². The van der Waals surface area contributed by atoms with Crippen LogP contribution in [0.15, 0.2) is 10.8 Å². The van der Waals surface area contributed by atoms with Gasteiger partial charge in [0, 0.05) is 13.7 Å². The lowest BCUT2D eigenvalue weighted by molar-refractivity contribution is 0.0533. The van der Waals surface area contributed by atoms with Gasteiger partial charge in [-0.3, -0.25) is 0 Å². The molecule has 0 aliphatic carbocycles.